The summed E-state index contributed by atoms with van der Waals surface area (Å²) in [6, 6.07) is 1.61. The zero-order chi connectivity index (χ0) is 22.3. The maximum Gasteiger partial charge on any atom is 0.313 e. The number of carbonyl (C=O) groups excluding carboxylic acids is 2. The molecule has 0 atom stereocenters. The second-order valence-corrected chi connectivity index (χ2v) is 9.22. The van der Waals surface area contributed by atoms with Crippen LogP contribution in [0.4, 0.5) is 0 Å². The molecule has 1 heterocycles. The quantitative estimate of drug-likeness (QED) is 0.609. The molecule has 160 valence electrons. The molecule has 0 aromatic carbocycles. The lowest BCUT2D eigenvalue weighted by Crippen LogP contribution is -2.23. The summed E-state index contributed by atoms with van der Waals surface area (Å²) in [7, 11) is 1.28. The summed E-state index contributed by atoms with van der Waals surface area (Å²) in [5.74, 6) is 0.300. The van der Waals surface area contributed by atoms with Gasteiger partial charge >= 0.3 is 5.97 Å². The first-order valence-electron chi connectivity index (χ1n) is 9.91. The SMILES string of the molecule is CC.CC(C)(C)c1cc(=O)[nH]c(C2(C)CC2)n1.COC(=O)CC(=O)C(C)(C)C. The summed E-state index contributed by atoms with van der Waals surface area (Å²) in [4.78, 5) is 40.7. The van der Waals surface area contributed by atoms with E-state index in [1.54, 1.807) is 26.8 Å². The summed E-state index contributed by atoms with van der Waals surface area (Å²) >= 11 is 0. The minimum absolute atomic E-state index is 0.0296. The van der Waals surface area contributed by atoms with Crippen molar-refractivity contribution >= 4 is 11.8 Å². The molecular formula is C22H38N2O4. The molecule has 0 aliphatic heterocycles. The van der Waals surface area contributed by atoms with Gasteiger partial charge in [-0.25, -0.2) is 4.98 Å². The Labute approximate surface area is 169 Å². The Hall–Kier alpha value is -1.98. The molecule has 28 heavy (non-hydrogen) atoms. The van der Waals surface area contributed by atoms with Crippen molar-refractivity contribution in [3.63, 3.8) is 0 Å². The minimum Gasteiger partial charge on any atom is -0.469 e. The molecule has 0 radical (unpaired) electrons. The number of ether oxygens (including phenoxy) is 1. The molecular weight excluding hydrogens is 356 g/mol. The van der Waals surface area contributed by atoms with Gasteiger partial charge in [-0.2, -0.15) is 0 Å². The topological polar surface area (TPSA) is 89.1 Å². The van der Waals surface area contributed by atoms with Crippen molar-refractivity contribution in [1.82, 2.24) is 9.97 Å². The Morgan fingerprint density at radius 1 is 1.14 bits per heavy atom. The third-order valence-corrected chi connectivity index (χ3v) is 4.45. The van der Waals surface area contributed by atoms with E-state index in [1.165, 1.54) is 7.11 Å². The normalized spacial score (nSPS) is 14.6. The van der Waals surface area contributed by atoms with E-state index >= 15 is 0 Å². The highest BCUT2D eigenvalue weighted by atomic mass is 16.5. The van der Waals surface area contributed by atoms with Crippen LogP contribution in [-0.4, -0.2) is 28.8 Å². The van der Waals surface area contributed by atoms with Gasteiger partial charge in [0.2, 0.25) is 0 Å². The van der Waals surface area contributed by atoms with Crippen molar-refractivity contribution in [3.8, 4) is 0 Å². The van der Waals surface area contributed by atoms with Gasteiger partial charge in [0.25, 0.3) is 5.56 Å². The van der Waals surface area contributed by atoms with Gasteiger partial charge in [0.1, 0.15) is 18.0 Å². The second kappa shape index (κ2) is 9.99. The number of hydrogen-bond donors (Lipinski definition) is 1. The Kier molecular flexibility index (Phi) is 9.28. The molecule has 0 unspecified atom stereocenters. The first kappa shape index (κ1) is 26.0. The number of rotatable bonds is 3. The standard InChI is InChI=1S/C12H18N2O.C8H14O3.C2H6/c1-11(2,3)8-7-9(15)14-10(13-8)12(4)5-6-12;1-8(2,3)6(9)5-7(10)11-4;1-2/h7H,5-6H2,1-4H3,(H,13,14,15);5H2,1-4H3;1-2H3. The van der Waals surface area contributed by atoms with E-state index < -0.39 is 11.4 Å². The molecule has 1 N–H and O–H groups in total. The monoisotopic (exact) mass is 394 g/mol. The van der Waals surface area contributed by atoms with E-state index in [4.69, 9.17) is 0 Å². The van der Waals surface area contributed by atoms with E-state index in [-0.39, 0.29) is 28.6 Å². The van der Waals surface area contributed by atoms with Crippen LogP contribution in [0.5, 0.6) is 0 Å². The largest absolute Gasteiger partial charge is 0.469 e. The molecule has 1 aromatic rings. The van der Waals surface area contributed by atoms with Gasteiger partial charge in [-0.1, -0.05) is 62.3 Å². The van der Waals surface area contributed by atoms with Crippen LogP contribution in [0, 0.1) is 5.41 Å². The fraction of sp³-hybridized carbons (Fsp3) is 0.727. The van der Waals surface area contributed by atoms with Crippen LogP contribution in [0.3, 0.4) is 0 Å². The van der Waals surface area contributed by atoms with Crippen molar-refractivity contribution in [3.05, 3.63) is 27.9 Å². The summed E-state index contributed by atoms with van der Waals surface area (Å²) < 4.78 is 4.36. The van der Waals surface area contributed by atoms with Crippen LogP contribution in [0.15, 0.2) is 10.9 Å². The molecule has 1 aliphatic rings. The van der Waals surface area contributed by atoms with Crippen molar-refractivity contribution < 1.29 is 14.3 Å². The number of nitrogens with zero attached hydrogens (tertiary/aromatic N) is 1. The van der Waals surface area contributed by atoms with E-state index in [0.29, 0.717) is 0 Å². The zero-order valence-electron chi connectivity index (χ0n) is 19.3. The van der Waals surface area contributed by atoms with E-state index in [1.807, 2.05) is 13.8 Å². The molecule has 1 aliphatic carbocycles. The molecule has 0 bridgehead atoms. The predicted molar refractivity (Wildman–Crippen MR) is 113 cm³/mol. The first-order chi connectivity index (χ1) is 12.7. The molecule has 0 spiro atoms. The maximum atomic E-state index is 11.5. The molecule has 6 nitrogen and oxygen atoms in total. The number of aromatic amines is 1. The number of aromatic nitrogens is 2. The Bertz CT molecular complexity index is 691. The molecule has 2 rings (SSSR count). The number of methoxy groups -OCH3 is 1. The minimum atomic E-state index is -0.468. The average molecular weight is 395 g/mol. The molecule has 1 fully saturated rings. The zero-order valence-corrected chi connectivity index (χ0v) is 19.3. The van der Waals surface area contributed by atoms with Gasteiger partial charge in [0, 0.05) is 22.3 Å². The third kappa shape index (κ3) is 8.36. The fourth-order valence-electron chi connectivity index (χ4n) is 2.02. The van der Waals surface area contributed by atoms with Crippen molar-refractivity contribution in [1.29, 1.82) is 0 Å². The lowest BCUT2D eigenvalue weighted by atomic mass is 9.89. The highest BCUT2D eigenvalue weighted by molar-refractivity contribution is 5.98. The van der Waals surface area contributed by atoms with Crippen molar-refractivity contribution in [2.45, 2.75) is 92.4 Å². The van der Waals surface area contributed by atoms with Crippen molar-refractivity contribution in [2.24, 2.45) is 5.41 Å². The van der Waals surface area contributed by atoms with Crippen LogP contribution < -0.4 is 5.56 Å². The fourth-order valence-corrected chi connectivity index (χ4v) is 2.02. The molecule has 6 heteroatoms. The first-order valence-corrected chi connectivity index (χ1v) is 9.91. The lowest BCUT2D eigenvalue weighted by molar-refractivity contribution is -0.145. The third-order valence-electron chi connectivity index (χ3n) is 4.45. The number of H-pyrrole nitrogens is 1. The molecule has 1 aromatic heterocycles. The summed E-state index contributed by atoms with van der Waals surface area (Å²) in [5.41, 5.74) is 0.468. The van der Waals surface area contributed by atoms with E-state index in [9.17, 15) is 14.4 Å². The average Bonchev–Trinajstić information content (AvgIpc) is 3.34. The summed E-state index contributed by atoms with van der Waals surface area (Å²) in [5, 5.41) is 0. The van der Waals surface area contributed by atoms with Gasteiger partial charge in [-0.05, 0) is 12.8 Å². The van der Waals surface area contributed by atoms with Gasteiger partial charge in [0.05, 0.1) is 12.8 Å². The van der Waals surface area contributed by atoms with Crippen LogP contribution in [-0.2, 0) is 25.2 Å². The summed E-state index contributed by atoms with van der Waals surface area (Å²) in [6.07, 6.45) is 2.13. The summed E-state index contributed by atoms with van der Waals surface area (Å²) in [6.45, 7) is 17.7. The highest BCUT2D eigenvalue weighted by Crippen LogP contribution is 2.45. The lowest BCUT2D eigenvalue weighted by Gasteiger charge is -2.19. The number of nitrogens with one attached hydrogen (secondary N) is 1. The number of hydrogen-bond acceptors (Lipinski definition) is 5. The molecule has 1 saturated carbocycles. The van der Waals surface area contributed by atoms with Gasteiger partial charge < -0.3 is 9.72 Å². The van der Waals surface area contributed by atoms with E-state index in [2.05, 4.69) is 42.4 Å². The second-order valence-electron chi connectivity index (χ2n) is 9.22. The number of esters is 1. The van der Waals surface area contributed by atoms with Crippen LogP contribution in [0.25, 0.3) is 0 Å². The van der Waals surface area contributed by atoms with Crippen LogP contribution in [0.2, 0.25) is 0 Å². The van der Waals surface area contributed by atoms with Crippen LogP contribution >= 0.6 is 0 Å². The number of carbonyl (C=O) groups is 2. The van der Waals surface area contributed by atoms with Crippen LogP contribution in [0.1, 0.15) is 93.1 Å². The van der Waals surface area contributed by atoms with Gasteiger partial charge in [-0.3, -0.25) is 14.4 Å². The Morgan fingerprint density at radius 2 is 1.64 bits per heavy atom. The maximum absolute atomic E-state index is 11.5. The highest BCUT2D eigenvalue weighted by Gasteiger charge is 2.42. The molecule has 0 saturated heterocycles. The number of ketones is 1. The molecule has 0 amide bonds. The van der Waals surface area contributed by atoms with Gasteiger partial charge in [0.15, 0.2) is 0 Å². The van der Waals surface area contributed by atoms with E-state index in [0.717, 1.165) is 24.4 Å². The van der Waals surface area contributed by atoms with Gasteiger partial charge in [-0.15, -0.1) is 0 Å². The Balaban J connectivity index is 0.000000502. The number of Topliss-reactive ketones (excluding diaryl/α,β-unsaturated/α-hetero) is 1. The van der Waals surface area contributed by atoms with Crippen molar-refractivity contribution in [2.75, 3.05) is 7.11 Å². The Morgan fingerprint density at radius 3 is 2.00 bits per heavy atom. The smallest absolute Gasteiger partial charge is 0.313 e. The predicted octanol–water partition coefficient (Wildman–Crippen LogP) is 4.31.